The maximum Gasteiger partial charge on any atom is 0.310 e. The van der Waals surface area contributed by atoms with Crippen molar-refractivity contribution in [3.63, 3.8) is 0 Å². The lowest BCUT2D eigenvalue weighted by Crippen LogP contribution is -2.09. The maximum atomic E-state index is 11.2. The second kappa shape index (κ2) is 5.47. The molecule has 0 aromatic carbocycles. The van der Waals surface area contributed by atoms with E-state index in [-0.39, 0.29) is 12.4 Å². The van der Waals surface area contributed by atoms with Crippen molar-refractivity contribution in [2.75, 3.05) is 6.61 Å². The average Bonchev–Trinajstić information content (AvgIpc) is 2.21. The SMILES string of the molecule is CCOC(=O)Cc1cnc(Br)cc1C#N. The fourth-order valence-corrected chi connectivity index (χ4v) is 1.40. The summed E-state index contributed by atoms with van der Waals surface area (Å²) in [6.07, 6.45) is 1.58. The number of hydrogen-bond acceptors (Lipinski definition) is 4. The summed E-state index contributed by atoms with van der Waals surface area (Å²) in [5, 5.41) is 8.83. The van der Waals surface area contributed by atoms with Crippen molar-refractivity contribution in [3.05, 3.63) is 28.0 Å². The van der Waals surface area contributed by atoms with Gasteiger partial charge in [-0.3, -0.25) is 4.79 Å². The largest absolute Gasteiger partial charge is 0.466 e. The number of nitriles is 1. The number of pyridine rings is 1. The van der Waals surface area contributed by atoms with Gasteiger partial charge in [-0.15, -0.1) is 0 Å². The minimum Gasteiger partial charge on any atom is -0.466 e. The molecule has 4 nitrogen and oxygen atoms in total. The van der Waals surface area contributed by atoms with E-state index < -0.39 is 0 Å². The van der Waals surface area contributed by atoms with Crippen LogP contribution >= 0.6 is 15.9 Å². The van der Waals surface area contributed by atoms with Gasteiger partial charge >= 0.3 is 5.97 Å². The molecule has 15 heavy (non-hydrogen) atoms. The Morgan fingerprint density at radius 1 is 1.73 bits per heavy atom. The van der Waals surface area contributed by atoms with E-state index in [1.54, 1.807) is 13.0 Å². The van der Waals surface area contributed by atoms with E-state index in [0.717, 1.165) is 0 Å². The highest BCUT2D eigenvalue weighted by atomic mass is 79.9. The van der Waals surface area contributed by atoms with E-state index in [1.165, 1.54) is 6.20 Å². The van der Waals surface area contributed by atoms with Crippen LogP contribution in [0.3, 0.4) is 0 Å². The van der Waals surface area contributed by atoms with Crippen LogP contribution in [0.2, 0.25) is 0 Å². The van der Waals surface area contributed by atoms with Crippen molar-refractivity contribution >= 4 is 21.9 Å². The zero-order valence-corrected chi connectivity index (χ0v) is 9.74. The molecule has 0 atom stereocenters. The summed E-state index contributed by atoms with van der Waals surface area (Å²) in [4.78, 5) is 15.2. The Labute approximate surface area is 96.0 Å². The molecule has 1 heterocycles. The molecular formula is C10H9BrN2O2. The molecule has 0 N–H and O–H groups in total. The van der Waals surface area contributed by atoms with E-state index in [1.807, 2.05) is 6.07 Å². The van der Waals surface area contributed by atoms with Crippen LogP contribution in [-0.4, -0.2) is 17.6 Å². The molecule has 0 bridgehead atoms. The lowest BCUT2D eigenvalue weighted by molar-refractivity contribution is -0.142. The zero-order chi connectivity index (χ0) is 11.3. The van der Waals surface area contributed by atoms with Crippen LogP contribution in [0.25, 0.3) is 0 Å². The summed E-state index contributed by atoms with van der Waals surface area (Å²) < 4.78 is 5.36. The first-order valence-electron chi connectivity index (χ1n) is 4.37. The molecule has 0 aliphatic carbocycles. The van der Waals surface area contributed by atoms with Gasteiger partial charge in [-0.2, -0.15) is 5.26 Å². The Bertz CT molecular complexity index is 412. The summed E-state index contributed by atoms with van der Waals surface area (Å²) in [5.41, 5.74) is 1.02. The van der Waals surface area contributed by atoms with E-state index >= 15 is 0 Å². The number of ether oxygens (including phenoxy) is 1. The van der Waals surface area contributed by atoms with Gasteiger partial charge in [0.1, 0.15) is 4.60 Å². The summed E-state index contributed by atoms with van der Waals surface area (Å²) in [7, 11) is 0. The number of hydrogen-bond donors (Lipinski definition) is 0. The van der Waals surface area contributed by atoms with E-state index in [9.17, 15) is 4.79 Å². The molecule has 1 aromatic heterocycles. The lowest BCUT2D eigenvalue weighted by Gasteiger charge is -2.03. The van der Waals surface area contributed by atoms with Gasteiger partial charge in [-0.25, -0.2) is 4.98 Å². The maximum absolute atomic E-state index is 11.2. The van der Waals surface area contributed by atoms with Crippen LogP contribution < -0.4 is 0 Å². The molecule has 0 fully saturated rings. The summed E-state index contributed by atoms with van der Waals surface area (Å²) in [6.45, 7) is 2.08. The van der Waals surface area contributed by atoms with Gasteiger partial charge in [0.05, 0.1) is 24.7 Å². The Morgan fingerprint density at radius 2 is 2.47 bits per heavy atom. The van der Waals surface area contributed by atoms with Gasteiger partial charge in [-0.1, -0.05) is 0 Å². The number of carbonyl (C=O) groups excluding carboxylic acids is 1. The predicted molar refractivity (Wildman–Crippen MR) is 57.0 cm³/mol. The van der Waals surface area contributed by atoms with Gasteiger partial charge in [-0.05, 0) is 34.5 Å². The van der Waals surface area contributed by atoms with Crippen molar-refractivity contribution in [2.45, 2.75) is 13.3 Å². The fourth-order valence-electron chi connectivity index (χ4n) is 1.07. The highest BCUT2D eigenvalue weighted by molar-refractivity contribution is 9.10. The molecule has 0 saturated heterocycles. The highest BCUT2D eigenvalue weighted by Crippen LogP contribution is 2.13. The monoisotopic (exact) mass is 268 g/mol. The van der Waals surface area contributed by atoms with Crippen LogP contribution in [0.4, 0.5) is 0 Å². The van der Waals surface area contributed by atoms with Crippen LogP contribution in [0.15, 0.2) is 16.9 Å². The fraction of sp³-hybridized carbons (Fsp3) is 0.300. The van der Waals surface area contributed by atoms with Crippen LogP contribution in [0.1, 0.15) is 18.1 Å². The van der Waals surface area contributed by atoms with E-state index in [0.29, 0.717) is 22.3 Å². The molecule has 0 aliphatic heterocycles. The number of nitrogens with zero attached hydrogens (tertiary/aromatic N) is 2. The number of halogens is 1. The third kappa shape index (κ3) is 3.33. The van der Waals surface area contributed by atoms with Crippen molar-refractivity contribution in [2.24, 2.45) is 0 Å². The van der Waals surface area contributed by atoms with E-state index in [4.69, 9.17) is 10.00 Å². The molecular weight excluding hydrogens is 260 g/mol. The quantitative estimate of drug-likeness (QED) is 0.620. The van der Waals surface area contributed by atoms with Crippen molar-refractivity contribution < 1.29 is 9.53 Å². The number of carbonyl (C=O) groups is 1. The average molecular weight is 269 g/mol. The van der Waals surface area contributed by atoms with Crippen LogP contribution in [0, 0.1) is 11.3 Å². The van der Waals surface area contributed by atoms with Gasteiger partial charge in [0.2, 0.25) is 0 Å². The smallest absolute Gasteiger partial charge is 0.310 e. The first-order valence-corrected chi connectivity index (χ1v) is 5.16. The van der Waals surface area contributed by atoms with Crippen LogP contribution in [0.5, 0.6) is 0 Å². The third-order valence-corrected chi connectivity index (χ3v) is 2.15. The molecule has 5 heteroatoms. The number of aromatic nitrogens is 1. The molecule has 0 saturated carbocycles. The van der Waals surface area contributed by atoms with Crippen molar-refractivity contribution in [1.29, 1.82) is 5.26 Å². The Hall–Kier alpha value is -1.41. The molecule has 1 rings (SSSR count). The summed E-state index contributed by atoms with van der Waals surface area (Å²) in [5.74, 6) is -0.349. The number of esters is 1. The Morgan fingerprint density at radius 3 is 3.07 bits per heavy atom. The minimum absolute atomic E-state index is 0.0804. The third-order valence-electron chi connectivity index (χ3n) is 1.71. The first kappa shape index (κ1) is 11.7. The molecule has 0 amide bonds. The molecule has 0 aliphatic rings. The van der Waals surface area contributed by atoms with Gasteiger partial charge < -0.3 is 4.74 Å². The molecule has 0 unspecified atom stereocenters. The molecule has 0 spiro atoms. The van der Waals surface area contributed by atoms with Crippen molar-refractivity contribution in [3.8, 4) is 6.07 Å². The summed E-state index contributed by atoms with van der Waals surface area (Å²) >= 11 is 3.16. The normalized spacial score (nSPS) is 9.40. The number of rotatable bonds is 3. The highest BCUT2D eigenvalue weighted by Gasteiger charge is 2.09. The summed E-state index contributed by atoms with van der Waals surface area (Å²) in [6, 6.07) is 3.58. The molecule has 78 valence electrons. The van der Waals surface area contributed by atoms with E-state index in [2.05, 4.69) is 20.9 Å². The lowest BCUT2D eigenvalue weighted by atomic mass is 10.1. The van der Waals surface area contributed by atoms with Crippen LogP contribution in [-0.2, 0) is 16.0 Å². The van der Waals surface area contributed by atoms with Gasteiger partial charge in [0.25, 0.3) is 0 Å². The molecule has 0 radical (unpaired) electrons. The second-order valence-electron chi connectivity index (χ2n) is 2.76. The van der Waals surface area contributed by atoms with Gasteiger partial charge in [0.15, 0.2) is 0 Å². The Balaban J connectivity index is 2.86. The van der Waals surface area contributed by atoms with Gasteiger partial charge in [0, 0.05) is 6.20 Å². The zero-order valence-electron chi connectivity index (χ0n) is 8.16. The minimum atomic E-state index is -0.349. The molecule has 1 aromatic rings. The first-order chi connectivity index (χ1) is 7.17. The predicted octanol–water partition coefficient (Wildman–Crippen LogP) is 1.82. The Kier molecular flexibility index (Phi) is 4.25. The second-order valence-corrected chi connectivity index (χ2v) is 3.57. The topological polar surface area (TPSA) is 63.0 Å². The van der Waals surface area contributed by atoms with Crippen molar-refractivity contribution in [1.82, 2.24) is 4.98 Å². The standard InChI is InChI=1S/C10H9BrN2O2/c1-2-15-10(14)4-8-6-13-9(11)3-7(8)5-12/h3,6H,2,4H2,1H3.